The third-order valence-corrected chi connectivity index (χ3v) is 2.08. The lowest BCUT2D eigenvalue weighted by Crippen LogP contribution is -2.19. The summed E-state index contributed by atoms with van der Waals surface area (Å²) in [5.41, 5.74) is 1.11. The summed E-state index contributed by atoms with van der Waals surface area (Å²) in [6, 6.07) is 10.1. The van der Waals surface area contributed by atoms with E-state index in [4.69, 9.17) is 4.74 Å². The molecule has 3 heteroatoms. The van der Waals surface area contributed by atoms with E-state index in [9.17, 15) is 0 Å². The van der Waals surface area contributed by atoms with Gasteiger partial charge in [0.25, 0.3) is 0 Å². The molecule has 0 aliphatic rings. The van der Waals surface area contributed by atoms with Crippen LogP contribution in [0.25, 0.3) is 10.9 Å². The van der Waals surface area contributed by atoms with Gasteiger partial charge >= 0.3 is 0 Å². The van der Waals surface area contributed by atoms with Crippen LogP contribution in [0.15, 0.2) is 30.3 Å². The molecule has 0 amide bonds. The quantitative estimate of drug-likeness (QED) is 0.572. The predicted molar refractivity (Wildman–Crippen MR) is 57.5 cm³/mol. The van der Waals surface area contributed by atoms with Crippen molar-refractivity contribution in [3.63, 3.8) is 0 Å². The number of hydrogen-bond acceptors (Lipinski definition) is 2. The van der Waals surface area contributed by atoms with E-state index >= 15 is 0 Å². The summed E-state index contributed by atoms with van der Waals surface area (Å²) in [7, 11) is 0. The average Bonchev–Trinajstić information content (AvgIpc) is 2.60. The van der Waals surface area contributed by atoms with Gasteiger partial charge in [-0.2, -0.15) is 0 Å². The van der Waals surface area contributed by atoms with Crippen LogP contribution >= 0.6 is 0 Å². The molecule has 3 nitrogen and oxygen atoms in total. The highest BCUT2D eigenvalue weighted by Crippen LogP contribution is 2.19. The summed E-state index contributed by atoms with van der Waals surface area (Å²) >= 11 is 0. The fourth-order valence-corrected chi connectivity index (χ4v) is 1.36. The first kappa shape index (κ1) is 9.09. The van der Waals surface area contributed by atoms with Crippen LogP contribution in [-0.4, -0.2) is 18.3 Å². The molecule has 2 N–H and O–H groups in total. The van der Waals surface area contributed by atoms with Crippen LogP contribution in [-0.2, 0) is 0 Å². The zero-order valence-electron chi connectivity index (χ0n) is 8.21. The molecule has 0 bridgehead atoms. The fraction of sp³-hybridized carbons (Fsp3) is 0.273. The minimum Gasteiger partial charge on any atom is -0.463 e. The Bertz CT molecular complexity index is 375. The highest BCUT2D eigenvalue weighted by Gasteiger charge is 1.98. The second-order valence-electron chi connectivity index (χ2n) is 3.11. The Morgan fingerprint density at radius 2 is 2.21 bits per heavy atom. The van der Waals surface area contributed by atoms with Crippen molar-refractivity contribution in [1.82, 2.24) is 10.3 Å². The second kappa shape index (κ2) is 4.15. The summed E-state index contributed by atoms with van der Waals surface area (Å²) in [5.74, 6) is 0.812. The van der Waals surface area contributed by atoms with Gasteiger partial charge in [0.05, 0.1) is 0 Å². The Morgan fingerprint density at radius 1 is 1.36 bits per heavy atom. The van der Waals surface area contributed by atoms with E-state index < -0.39 is 0 Å². The molecule has 0 saturated carbocycles. The van der Waals surface area contributed by atoms with Crippen molar-refractivity contribution in [1.29, 1.82) is 0 Å². The molecule has 0 unspecified atom stereocenters. The van der Waals surface area contributed by atoms with E-state index in [2.05, 4.69) is 23.3 Å². The van der Waals surface area contributed by atoms with E-state index in [-0.39, 0.29) is 0 Å². The largest absolute Gasteiger partial charge is 0.463 e. The van der Waals surface area contributed by atoms with Gasteiger partial charge < -0.3 is 9.72 Å². The van der Waals surface area contributed by atoms with Gasteiger partial charge in [-0.3, -0.25) is 5.32 Å². The molecule has 0 atom stereocenters. The summed E-state index contributed by atoms with van der Waals surface area (Å²) in [6.45, 7) is 3.51. The maximum Gasteiger partial charge on any atom is 0.193 e. The topological polar surface area (TPSA) is 37.0 Å². The number of nitrogens with one attached hydrogen (secondary N) is 2. The van der Waals surface area contributed by atoms with Crippen molar-refractivity contribution in [2.45, 2.75) is 6.92 Å². The number of aromatic amines is 1. The number of benzene rings is 1. The summed E-state index contributed by atoms with van der Waals surface area (Å²) in [6.07, 6.45) is 0. The zero-order valence-corrected chi connectivity index (χ0v) is 8.21. The number of H-pyrrole nitrogens is 1. The van der Waals surface area contributed by atoms with Gasteiger partial charge in [0.1, 0.15) is 6.73 Å². The lowest BCUT2D eigenvalue weighted by molar-refractivity contribution is 0.279. The number of rotatable bonds is 4. The molecule has 1 heterocycles. The molecule has 0 aliphatic heterocycles. The second-order valence-corrected chi connectivity index (χ2v) is 3.11. The lowest BCUT2D eigenvalue weighted by atomic mass is 10.3. The van der Waals surface area contributed by atoms with Crippen LogP contribution in [0.2, 0.25) is 0 Å². The molecule has 14 heavy (non-hydrogen) atoms. The molecule has 2 aromatic rings. The summed E-state index contributed by atoms with van der Waals surface area (Å²) in [5, 5.41) is 4.28. The van der Waals surface area contributed by atoms with E-state index in [1.807, 2.05) is 24.3 Å². The number of aromatic nitrogens is 1. The minimum atomic E-state index is 0.545. The van der Waals surface area contributed by atoms with Gasteiger partial charge in [0.15, 0.2) is 5.88 Å². The molecule has 0 saturated heterocycles. The van der Waals surface area contributed by atoms with Crippen molar-refractivity contribution >= 4 is 10.9 Å². The van der Waals surface area contributed by atoms with Gasteiger partial charge in [-0.25, -0.2) is 0 Å². The third kappa shape index (κ3) is 1.88. The Kier molecular flexibility index (Phi) is 2.70. The lowest BCUT2D eigenvalue weighted by Gasteiger charge is -2.02. The number of hydrogen-bond donors (Lipinski definition) is 2. The maximum absolute atomic E-state index is 5.46. The zero-order chi connectivity index (χ0) is 9.80. The molecular weight excluding hydrogens is 176 g/mol. The minimum absolute atomic E-state index is 0.545. The Morgan fingerprint density at radius 3 is 3.00 bits per heavy atom. The highest BCUT2D eigenvalue weighted by molar-refractivity contribution is 5.81. The van der Waals surface area contributed by atoms with Gasteiger partial charge in [0.2, 0.25) is 0 Å². The van der Waals surface area contributed by atoms with Crippen molar-refractivity contribution in [3.05, 3.63) is 30.3 Å². The van der Waals surface area contributed by atoms with Gasteiger partial charge in [0, 0.05) is 17.0 Å². The SMILES string of the molecule is CCNCOc1cc2ccccc2[nH]1. The Hall–Kier alpha value is -1.48. The van der Waals surface area contributed by atoms with E-state index in [1.54, 1.807) is 0 Å². The molecule has 74 valence electrons. The van der Waals surface area contributed by atoms with Gasteiger partial charge in [-0.15, -0.1) is 0 Å². The first-order chi connectivity index (χ1) is 6.90. The number of fused-ring (bicyclic) bond motifs is 1. The van der Waals surface area contributed by atoms with E-state index in [0.717, 1.165) is 17.9 Å². The molecule has 0 radical (unpaired) electrons. The molecule has 0 fully saturated rings. The number of ether oxygens (including phenoxy) is 1. The van der Waals surface area contributed by atoms with Crippen molar-refractivity contribution in [3.8, 4) is 5.88 Å². The third-order valence-electron chi connectivity index (χ3n) is 2.08. The summed E-state index contributed by atoms with van der Waals surface area (Å²) < 4.78 is 5.46. The van der Waals surface area contributed by atoms with Crippen LogP contribution < -0.4 is 10.1 Å². The Labute approximate surface area is 83.1 Å². The van der Waals surface area contributed by atoms with Crippen LogP contribution in [0.5, 0.6) is 5.88 Å². The first-order valence-electron chi connectivity index (χ1n) is 4.81. The smallest absolute Gasteiger partial charge is 0.193 e. The van der Waals surface area contributed by atoms with E-state index in [1.165, 1.54) is 5.39 Å². The van der Waals surface area contributed by atoms with Crippen LogP contribution in [0.3, 0.4) is 0 Å². The van der Waals surface area contributed by atoms with E-state index in [0.29, 0.717) is 6.73 Å². The van der Waals surface area contributed by atoms with Gasteiger partial charge in [-0.05, 0) is 12.6 Å². The fourth-order valence-electron chi connectivity index (χ4n) is 1.36. The van der Waals surface area contributed by atoms with Crippen LogP contribution in [0.4, 0.5) is 0 Å². The molecule has 2 rings (SSSR count). The van der Waals surface area contributed by atoms with Crippen molar-refractivity contribution < 1.29 is 4.74 Å². The normalized spacial score (nSPS) is 10.6. The monoisotopic (exact) mass is 190 g/mol. The highest BCUT2D eigenvalue weighted by atomic mass is 16.5. The molecule has 1 aromatic carbocycles. The standard InChI is InChI=1S/C11H14N2O/c1-2-12-8-14-11-7-9-5-3-4-6-10(9)13-11/h3-7,12-13H,2,8H2,1H3. The van der Waals surface area contributed by atoms with Crippen LogP contribution in [0, 0.1) is 0 Å². The first-order valence-corrected chi connectivity index (χ1v) is 4.81. The van der Waals surface area contributed by atoms with Crippen LogP contribution in [0.1, 0.15) is 6.92 Å². The van der Waals surface area contributed by atoms with Gasteiger partial charge in [-0.1, -0.05) is 25.1 Å². The number of para-hydroxylation sites is 1. The average molecular weight is 190 g/mol. The Balaban J connectivity index is 2.11. The molecule has 1 aromatic heterocycles. The predicted octanol–water partition coefficient (Wildman–Crippen LogP) is 2.11. The summed E-state index contributed by atoms with van der Waals surface area (Å²) in [4.78, 5) is 3.19. The molecule has 0 spiro atoms. The molecular formula is C11H14N2O. The molecule has 0 aliphatic carbocycles. The van der Waals surface area contributed by atoms with Crippen molar-refractivity contribution in [2.24, 2.45) is 0 Å². The van der Waals surface area contributed by atoms with Crippen molar-refractivity contribution in [2.75, 3.05) is 13.3 Å². The maximum atomic E-state index is 5.46.